The van der Waals surface area contributed by atoms with Gasteiger partial charge in [0, 0.05) is 23.9 Å². The highest BCUT2D eigenvalue weighted by Gasteiger charge is 2.16. The van der Waals surface area contributed by atoms with Crippen LogP contribution in [0.25, 0.3) is 10.8 Å². The second-order valence-corrected chi connectivity index (χ2v) is 3.88. The van der Waals surface area contributed by atoms with Gasteiger partial charge in [0.2, 0.25) is 0 Å². The number of anilines is 1. The van der Waals surface area contributed by atoms with Crippen LogP contribution in [0.5, 0.6) is 0 Å². The maximum Gasteiger partial charge on any atom is 0.255 e. The van der Waals surface area contributed by atoms with Gasteiger partial charge in [0.05, 0.1) is 12.7 Å². The Bertz CT molecular complexity index is 513. The van der Waals surface area contributed by atoms with Gasteiger partial charge in [-0.25, -0.2) is 8.78 Å². The third-order valence-electron chi connectivity index (χ3n) is 2.61. The molecule has 0 fully saturated rings. The molecule has 0 bridgehead atoms. The first kappa shape index (κ1) is 12.6. The van der Waals surface area contributed by atoms with E-state index in [1.165, 1.54) is 4.90 Å². The highest BCUT2D eigenvalue weighted by molar-refractivity contribution is 5.91. The third kappa shape index (κ3) is 2.70. The summed E-state index contributed by atoms with van der Waals surface area (Å²) < 4.78 is 25.1. The molecule has 0 atom stereocenters. The first-order chi connectivity index (χ1) is 8.72. The average molecular weight is 252 g/mol. The molecule has 0 radical (unpaired) electrons. The minimum Gasteiger partial charge on any atom is -0.348 e. The molecule has 0 aliphatic carbocycles. The fourth-order valence-electron chi connectivity index (χ4n) is 1.85. The van der Waals surface area contributed by atoms with Crippen LogP contribution in [-0.4, -0.2) is 36.3 Å². The molecule has 96 valence electrons. The van der Waals surface area contributed by atoms with Crippen molar-refractivity contribution in [2.24, 2.45) is 5.73 Å². The van der Waals surface area contributed by atoms with Crippen LogP contribution in [0.1, 0.15) is 0 Å². The maximum absolute atomic E-state index is 12.6. The SMILES string of the molecule is NCCN(CC(F)F)c1nncc2ccccc12. The molecule has 0 amide bonds. The van der Waals surface area contributed by atoms with Gasteiger partial charge in [0.1, 0.15) is 0 Å². The van der Waals surface area contributed by atoms with Gasteiger partial charge >= 0.3 is 0 Å². The minimum atomic E-state index is -2.43. The van der Waals surface area contributed by atoms with Crippen LogP contribution >= 0.6 is 0 Å². The van der Waals surface area contributed by atoms with Crippen molar-refractivity contribution in [3.8, 4) is 0 Å². The average Bonchev–Trinajstić information content (AvgIpc) is 2.37. The van der Waals surface area contributed by atoms with Gasteiger partial charge in [-0.15, -0.1) is 5.10 Å². The molecular formula is C12H14F2N4. The number of aromatic nitrogens is 2. The molecule has 0 unspecified atom stereocenters. The van der Waals surface area contributed by atoms with Gasteiger partial charge in [-0.05, 0) is 0 Å². The van der Waals surface area contributed by atoms with Gasteiger partial charge in [-0.3, -0.25) is 0 Å². The summed E-state index contributed by atoms with van der Waals surface area (Å²) in [5.41, 5.74) is 5.45. The van der Waals surface area contributed by atoms with Crippen molar-refractivity contribution >= 4 is 16.6 Å². The first-order valence-electron chi connectivity index (χ1n) is 5.66. The Morgan fingerprint density at radius 1 is 1.28 bits per heavy atom. The lowest BCUT2D eigenvalue weighted by atomic mass is 10.2. The van der Waals surface area contributed by atoms with Crippen molar-refractivity contribution in [2.75, 3.05) is 24.5 Å². The Balaban J connectivity index is 2.43. The molecule has 2 N–H and O–H groups in total. The molecule has 2 aromatic rings. The monoisotopic (exact) mass is 252 g/mol. The lowest BCUT2D eigenvalue weighted by Gasteiger charge is -2.23. The van der Waals surface area contributed by atoms with E-state index in [1.807, 2.05) is 24.3 Å². The lowest BCUT2D eigenvalue weighted by molar-refractivity contribution is 0.155. The fraction of sp³-hybridized carbons (Fsp3) is 0.333. The van der Waals surface area contributed by atoms with Crippen LogP contribution in [0.4, 0.5) is 14.6 Å². The van der Waals surface area contributed by atoms with E-state index in [0.717, 1.165) is 10.8 Å². The van der Waals surface area contributed by atoms with E-state index in [2.05, 4.69) is 10.2 Å². The Hall–Kier alpha value is -1.82. The molecule has 1 aromatic carbocycles. The summed E-state index contributed by atoms with van der Waals surface area (Å²) in [6.45, 7) is 0.227. The summed E-state index contributed by atoms with van der Waals surface area (Å²) in [6.07, 6.45) is -0.820. The Labute approximate surface area is 103 Å². The molecule has 0 aliphatic heterocycles. The lowest BCUT2D eigenvalue weighted by Crippen LogP contribution is -2.34. The number of hydrogen-bond acceptors (Lipinski definition) is 4. The van der Waals surface area contributed by atoms with Crippen molar-refractivity contribution in [1.82, 2.24) is 10.2 Å². The van der Waals surface area contributed by atoms with Crippen molar-refractivity contribution in [3.05, 3.63) is 30.5 Å². The molecule has 0 spiro atoms. The Morgan fingerprint density at radius 2 is 2.06 bits per heavy atom. The summed E-state index contributed by atoms with van der Waals surface area (Å²) in [5.74, 6) is 0.457. The van der Waals surface area contributed by atoms with Gasteiger partial charge in [-0.1, -0.05) is 24.3 Å². The van der Waals surface area contributed by atoms with Crippen LogP contribution in [-0.2, 0) is 0 Å². The highest BCUT2D eigenvalue weighted by Crippen LogP contribution is 2.23. The molecule has 0 saturated carbocycles. The molecule has 4 nitrogen and oxygen atoms in total. The summed E-state index contributed by atoms with van der Waals surface area (Å²) in [6, 6.07) is 7.43. The van der Waals surface area contributed by atoms with E-state index >= 15 is 0 Å². The van der Waals surface area contributed by atoms with E-state index in [0.29, 0.717) is 12.4 Å². The summed E-state index contributed by atoms with van der Waals surface area (Å²) in [4.78, 5) is 1.47. The smallest absolute Gasteiger partial charge is 0.255 e. The zero-order valence-electron chi connectivity index (χ0n) is 9.76. The van der Waals surface area contributed by atoms with E-state index in [4.69, 9.17) is 5.73 Å². The van der Waals surface area contributed by atoms with Crippen LogP contribution in [0.15, 0.2) is 30.5 Å². The molecule has 1 heterocycles. The molecule has 0 saturated heterocycles. The predicted octanol–water partition coefficient (Wildman–Crippen LogP) is 1.66. The van der Waals surface area contributed by atoms with E-state index in [9.17, 15) is 8.78 Å². The van der Waals surface area contributed by atoms with Crippen LogP contribution in [0.3, 0.4) is 0 Å². The third-order valence-corrected chi connectivity index (χ3v) is 2.61. The van der Waals surface area contributed by atoms with Crippen LogP contribution in [0, 0.1) is 0 Å². The molecule has 2 rings (SSSR count). The van der Waals surface area contributed by atoms with E-state index in [-0.39, 0.29) is 13.1 Å². The second kappa shape index (κ2) is 5.68. The fourth-order valence-corrected chi connectivity index (χ4v) is 1.85. The van der Waals surface area contributed by atoms with Gasteiger partial charge in [-0.2, -0.15) is 5.10 Å². The van der Waals surface area contributed by atoms with E-state index < -0.39 is 6.43 Å². The zero-order valence-corrected chi connectivity index (χ0v) is 9.76. The van der Waals surface area contributed by atoms with Crippen LogP contribution < -0.4 is 10.6 Å². The molecule has 6 heteroatoms. The normalized spacial score (nSPS) is 11.1. The number of nitrogens with zero attached hydrogens (tertiary/aromatic N) is 3. The Kier molecular flexibility index (Phi) is 3.99. The highest BCUT2D eigenvalue weighted by atomic mass is 19.3. The number of alkyl halides is 2. The molecular weight excluding hydrogens is 238 g/mol. The van der Waals surface area contributed by atoms with Crippen LogP contribution in [0.2, 0.25) is 0 Å². The molecule has 18 heavy (non-hydrogen) atoms. The number of hydrogen-bond donors (Lipinski definition) is 1. The first-order valence-corrected chi connectivity index (χ1v) is 5.66. The van der Waals surface area contributed by atoms with Gasteiger partial charge in [0.15, 0.2) is 5.82 Å². The van der Waals surface area contributed by atoms with Crippen molar-refractivity contribution in [2.45, 2.75) is 6.43 Å². The standard InChI is InChI=1S/C12H14F2N4/c13-11(14)8-18(6-5-15)12-10-4-2-1-3-9(10)7-16-17-12/h1-4,7,11H,5-6,8,15H2. The Morgan fingerprint density at radius 3 is 2.78 bits per heavy atom. The minimum absolute atomic E-state index is 0.289. The zero-order chi connectivity index (χ0) is 13.0. The van der Waals surface area contributed by atoms with Crippen molar-refractivity contribution < 1.29 is 8.78 Å². The summed E-state index contributed by atoms with van der Waals surface area (Å²) in [7, 11) is 0. The number of nitrogens with two attached hydrogens (primary N) is 1. The largest absolute Gasteiger partial charge is 0.348 e. The second-order valence-electron chi connectivity index (χ2n) is 3.88. The van der Waals surface area contributed by atoms with Crippen molar-refractivity contribution in [3.63, 3.8) is 0 Å². The summed E-state index contributed by atoms with van der Waals surface area (Å²) in [5, 5.41) is 9.49. The summed E-state index contributed by atoms with van der Waals surface area (Å²) >= 11 is 0. The van der Waals surface area contributed by atoms with Crippen molar-refractivity contribution in [1.29, 1.82) is 0 Å². The quantitative estimate of drug-likeness (QED) is 0.879. The number of benzene rings is 1. The maximum atomic E-state index is 12.6. The molecule has 0 aliphatic rings. The topological polar surface area (TPSA) is 55.0 Å². The number of halogens is 2. The van der Waals surface area contributed by atoms with Gasteiger partial charge in [0.25, 0.3) is 6.43 Å². The number of rotatable bonds is 5. The van der Waals surface area contributed by atoms with Gasteiger partial charge < -0.3 is 10.6 Å². The van der Waals surface area contributed by atoms with E-state index in [1.54, 1.807) is 6.20 Å². The number of fused-ring (bicyclic) bond motifs is 1. The molecule has 1 aromatic heterocycles. The predicted molar refractivity (Wildman–Crippen MR) is 66.8 cm³/mol.